The van der Waals surface area contributed by atoms with Crippen LogP contribution in [-0.4, -0.2) is 33.9 Å². The van der Waals surface area contributed by atoms with Gasteiger partial charge in [0.15, 0.2) is 16.6 Å². The highest BCUT2D eigenvalue weighted by atomic mass is 32.1. The fraction of sp³-hybridized carbons (Fsp3) is 0.613. The maximum Gasteiger partial charge on any atom is 0.193 e. The van der Waals surface area contributed by atoms with Crippen molar-refractivity contribution in [2.45, 2.75) is 109 Å². The minimum atomic E-state index is -2.04. The van der Waals surface area contributed by atoms with Gasteiger partial charge in [0.2, 0.25) is 0 Å². The minimum Gasteiger partial charge on any atom is -0.413 e. The number of allylic oxidation sites excluding steroid dienone is 1. The second-order valence-electron chi connectivity index (χ2n) is 13.9. The number of aliphatic hydroxyl groups is 1. The first-order valence-electron chi connectivity index (χ1n) is 13.8. The molecule has 1 aromatic heterocycles. The predicted molar refractivity (Wildman–Crippen MR) is 166 cm³/mol. The molecule has 0 aliphatic heterocycles. The molecule has 1 fully saturated rings. The number of hydrogen-bond donors (Lipinski definition) is 1. The lowest BCUT2D eigenvalue weighted by Gasteiger charge is -2.40. The first-order chi connectivity index (χ1) is 17.0. The molecule has 1 aliphatic carbocycles. The summed E-state index contributed by atoms with van der Waals surface area (Å²) in [6.07, 6.45) is 7.49. The molecule has 3 nitrogen and oxygen atoms in total. The van der Waals surface area contributed by atoms with Crippen molar-refractivity contribution in [2.24, 2.45) is 11.8 Å². The van der Waals surface area contributed by atoms with Crippen LogP contribution in [0.3, 0.4) is 0 Å². The summed E-state index contributed by atoms with van der Waals surface area (Å²) in [6.45, 7) is 27.0. The fourth-order valence-corrected chi connectivity index (χ4v) is 8.33. The quantitative estimate of drug-likeness (QED) is 0.246. The van der Waals surface area contributed by atoms with E-state index in [0.717, 1.165) is 6.42 Å². The molecule has 1 unspecified atom stereocenters. The molecule has 0 radical (unpaired) electrons. The Balaban J connectivity index is 2.00. The molecule has 0 bridgehead atoms. The maximum atomic E-state index is 11.1. The fourth-order valence-electron chi connectivity index (χ4n) is 4.62. The van der Waals surface area contributed by atoms with Gasteiger partial charge in [0.25, 0.3) is 0 Å². The molecule has 5 atom stereocenters. The molecule has 1 heterocycles. The third-order valence-corrected chi connectivity index (χ3v) is 19.2. The van der Waals surface area contributed by atoms with Crippen LogP contribution in [-0.2, 0) is 8.85 Å². The monoisotopic (exact) mass is 558 g/mol. The molecule has 2 aromatic rings. The Labute approximate surface area is 232 Å². The molecular formula is C31H50O3SSi2. The van der Waals surface area contributed by atoms with Gasteiger partial charge in [0.05, 0.1) is 18.3 Å². The normalized spacial score (nSPS) is 24.7. The Morgan fingerprint density at radius 2 is 1.68 bits per heavy atom. The summed E-state index contributed by atoms with van der Waals surface area (Å²) in [5.41, 5.74) is 0. The van der Waals surface area contributed by atoms with Crippen LogP contribution in [0, 0.1) is 11.8 Å². The number of fused-ring (bicyclic) bond motifs is 1. The third-order valence-electron chi connectivity index (χ3n) is 9.04. The lowest BCUT2D eigenvalue weighted by atomic mass is 9.90. The van der Waals surface area contributed by atoms with Crippen LogP contribution >= 0.6 is 11.3 Å². The summed E-state index contributed by atoms with van der Waals surface area (Å²) >= 11 is 1.82. The molecule has 1 saturated carbocycles. The van der Waals surface area contributed by atoms with Crippen LogP contribution in [0.5, 0.6) is 0 Å². The Morgan fingerprint density at radius 1 is 1.05 bits per heavy atom. The van der Waals surface area contributed by atoms with E-state index in [9.17, 15) is 5.11 Å². The lowest BCUT2D eigenvalue weighted by Crippen LogP contribution is -2.45. The van der Waals surface area contributed by atoms with Crippen LogP contribution < -0.4 is 0 Å². The van der Waals surface area contributed by atoms with E-state index < -0.39 is 16.6 Å². The van der Waals surface area contributed by atoms with Gasteiger partial charge in [-0.25, -0.2) is 0 Å². The van der Waals surface area contributed by atoms with Gasteiger partial charge < -0.3 is 14.0 Å². The molecule has 1 N–H and O–H groups in total. The van der Waals surface area contributed by atoms with E-state index in [4.69, 9.17) is 8.85 Å². The Bertz CT molecular complexity index is 1060. The predicted octanol–water partition coefficient (Wildman–Crippen LogP) is 9.48. The number of aliphatic hydroxyl groups excluding tert-OH is 1. The summed E-state index contributed by atoms with van der Waals surface area (Å²) in [5.74, 6) is 0.237. The molecule has 6 heteroatoms. The van der Waals surface area contributed by atoms with Crippen LogP contribution in [0.4, 0.5) is 0 Å². The zero-order chi connectivity index (χ0) is 27.8. The van der Waals surface area contributed by atoms with E-state index in [1.165, 1.54) is 15.0 Å². The van der Waals surface area contributed by atoms with Crippen LogP contribution in [0.15, 0.2) is 55.1 Å². The first-order valence-corrected chi connectivity index (χ1v) is 20.4. The van der Waals surface area contributed by atoms with Crippen molar-refractivity contribution >= 4 is 38.1 Å². The molecule has 3 rings (SSSR count). The van der Waals surface area contributed by atoms with Gasteiger partial charge in [0.1, 0.15) is 0 Å². The molecule has 1 aliphatic rings. The Morgan fingerprint density at radius 3 is 2.24 bits per heavy atom. The van der Waals surface area contributed by atoms with Crippen molar-refractivity contribution in [3.8, 4) is 0 Å². The molecule has 37 heavy (non-hydrogen) atoms. The molecule has 1 aromatic carbocycles. The van der Waals surface area contributed by atoms with Gasteiger partial charge in [0, 0.05) is 15.5 Å². The maximum absolute atomic E-state index is 11.1. The standard InChI is InChI=1S/C31H50O3SSi2/c1-12-15-23-24(27(21-25(23)32)34-37(10,11)31(5,6)7)18-19-26(33-36(8,9)30(2,3)4)29-20-22-16-13-14-17-28(22)35-29/h12-14,16-20,23-27,32H,1,15,21H2,2-11H3/b19-18+/t23-,24-,25-,26-,27?/m1/s1. The number of benzene rings is 1. The Kier molecular flexibility index (Phi) is 9.26. The smallest absolute Gasteiger partial charge is 0.193 e. The van der Waals surface area contributed by atoms with Gasteiger partial charge in [-0.05, 0) is 72.5 Å². The summed E-state index contributed by atoms with van der Waals surface area (Å²) in [6, 6.07) is 10.9. The summed E-state index contributed by atoms with van der Waals surface area (Å²) in [4.78, 5) is 1.24. The topological polar surface area (TPSA) is 38.7 Å². The van der Waals surface area contributed by atoms with E-state index in [2.05, 4.69) is 117 Å². The number of rotatable bonds is 9. The van der Waals surface area contributed by atoms with Gasteiger partial charge in [-0.2, -0.15) is 0 Å². The van der Waals surface area contributed by atoms with E-state index in [1.807, 2.05) is 17.4 Å². The highest BCUT2D eigenvalue weighted by Gasteiger charge is 2.47. The SMILES string of the molecule is C=CC[C@H]1[C@H](O)CC(O[Si](C)(C)C(C)(C)C)[C@@H]1/C=C/[C@@H](O[Si](C)(C)C(C)(C)C)c1cc2ccccc2s1. The van der Waals surface area contributed by atoms with Gasteiger partial charge in [-0.3, -0.25) is 0 Å². The zero-order valence-electron chi connectivity index (χ0n) is 24.8. The van der Waals surface area contributed by atoms with Crippen molar-refractivity contribution in [3.63, 3.8) is 0 Å². The van der Waals surface area contributed by atoms with Crippen LogP contribution in [0.2, 0.25) is 36.3 Å². The molecule has 0 amide bonds. The molecule has 0 saturated heterocycles. The second-order valence-corrected chi connectivity index (χ2v) is 24.5. The van der Waals surface area contributed by atoms with Crippen molar-refractivity contribution < 1.29 is 14.0 Å². The summed E-state index contributed by atoms with van der Waals surface area (Å²) in [5, 5.41) is 12.6. The lowest BCUT2D eigenvalue weighted by molar-refractivity contribution is 0.122. The zero-order valence-corrected chi connectivity index (χ0v) is 27.6. The van der Waals surface area contributed by atoms with E-state index in [-0.39, 0.29) is 40.2 Å². The molecular weight excluding hydrogens is 509 g/mol. The van der Waals surface area contributed by atoms with Gasteiger partial charge >= 0.3 is 0 Å². The highest BCUT2D eigenvalue weighted by Crippen LogP contribution is 2.46. The van der Waals surface area contributed by atoms with Crippen molar-refractivity contribution in [1.82, 2.24) is 0 Å². The van der Waals surface area contributed by atoms with Crippen molar-refractivity contribution in [1.29, 1.82) is 0 Å². The van der Waals surface area contributed by atoms with E-state index in [0.29, 0.717) is 6.42 Å². The van der Waals surface area contributed by atoms with E-state index >= 15 is 0 Å². The van der Waals surface area contributed by atoms with E-state index in [1.54, 1.807) is 0 Å². The van der Waals surface area contributed by atoms with Gasteiger partial charge in [-0.15, -0.1) is 17.9 Å². The van der Waals surface area contributed by atoms with Gasteiger partial charge in [-0.1, -0.05) is 78.0 Å². The average Bonchev–Trinajstić information content (AvgIpc) is 3.31. The largest absolute Gasteiger partial charge is 0.413 e. The van der Waals surface area contributed by atoms with Crippen LogP contribution in [0.25, 0.3) is 10.1 Å². The molecule has 206 valence electrons. The second kappa shape index (κ2) is 11.2. The summed E-state index contributed by atoms with van der Waals surface area (Å²) in [7, 11) is -4.03. The van der Waals surface area contributed by atoms with Crippen LogP contribution in [0.1, 0.15) is 65.4 Å². The third kappa shape index (κ3) is 6.95. The minimum absolute atomic E-state index is 0.00743. The van der Waals surface area contributed by atoms with Crippen molar-refractivity contribution in [2.75, 3.05) is 0 Å². The molecule has 0 spiro atoms. The highest BCUT2D eigenvalue weighted by molar-refractivity contribution is 7.19. The first kappa shape index (κ1) is 30.5. The number of hydrogen-bond acceptors (Lipinski definition) is 4. The average molecular weight is 559 g/mol. The Hall–Kier alpha value is -1.03. The summed E-state index contributed by atoms with van der Waals surface area (Å²) < 4.78 is 15.3. The van der Waals surface area contributed by atoms with Crippen molar-refractivity contribution in [3.05, 3.63) is 60.0 Å². The number of thiophene rings is 1.